The van der Waals surface area contributed by atoms with Crippen molar-refractivity contribution in [1.82, 2.24) is 10.3 Å². The molecule has 1 unspecified atom stereocenters. The molecule has 0 aliphatic heterocycles. The molecule has 0 bridgehead atoms. The van der Waals surface area contributed by atoms with E-state index in [9.17, 15) is 9.59 Å². The van der Waals surface area contributed by atoms with E-state index in [0.717, 1.165) is 5.56 Å². The van der Waals surface area contributed by atoms with E-state index in [2.05, 4.69) is 10.3 Å². The van der Waals surface area contributed by atoms with Crippen molar-refractivity contribution < 1.29 is 14.3 Å². The van der Waals surface area contributed by atoms with Crippen LogP contribution in [0.5, 0.6) is 0 Å². The Bertz CT molecular complexity index is 643. The van der Waals surface area contributed by atoms with E-state index in [1.54, 1.807) is 25.3 Å². The Morgan fingerprint density at radius 3 is 2.50 bits per heavy atom. The van der Waals surface area contributed by atoms with Crippen molar-refractivity contribution >= 4 is 11.9 Å². The maximum atomic E-state index is 12.2. The molecular weight excluding hydrogens is 280 g/mol. The molecule has 0 aliphatic carbocycles. The molecule has 5 nitrogen and oxygen atoms in total. The smallest absolute Gasteiger partial charge is 0.317 e. The summed E-state index contributed by atoms with van der Waals surface area (Å²) in [7, 11) is 1.34. The molecule has 2 rings (SSSR count). The normalized spacial score (nSPS) is 13.0. The van der Waals surface area contributed by atoms with Crippen LogP contribution in [0, 0.1) is 0 Å². The van der Waals surface area contributed by atoms with Crippen LogP contribution in [-0.2, 0) is 14.9 Å². The first-order chi connectivity index (χ1) is 10.6. The van der Waals surface area contributed by atoms with Gasteiger partial charge in [-0.2, -0.15) is 0 Å². The van der Waals surface area contributed by atoms with Gasteiger partial charge >= 0.3 is 5.97 Å². The molecule has 0 saturated heterocycles. The topological polar surface area (TPSA) is 68.3 Å². The lowest BCUT2D eigenvalue weighted by Gasteiger charge is -2.27. The van der Waals surface area contributed by atoms with Crippen LogP contribution >= 0.6 is 0 Å². The minimum absolute atomic E-state index is 0.136. The standard InChI is InChI=1S/C17H18N2O3/c1-17(16(21)22-2,14-8-4-3-5-9-14)12-19-15(20)13-7-6-10-18-11-13/h3-11H,12H2,1-2H3,(H,19,20). The Hall–Kier alpha value is -2.69. The van der Waals surface area contributed by atoms with E-state index in [-0.39, 0.29) is 12.5 Å². The molecule has 0 saturated carbocycles. The SMILES string of the molecule is COC(=O)C(C)(CNC(=O)c1cccnc1)c1ccccc1. The Kier molecular flexibility index (Phi) is 4.88. The minimum atomic E-state index is -0.951. The second kappa shape index (κ2) is 6.85. The number of aromatic nitrogens is 1. The Morgan fingerprint density at radius 2 is 1.91 bits per heavy atom. The van der Waals surface area contributed by atoms with Gasteiger partial charge in [0, 0.05) is 18.9 Å². The third-order valence-corrected chi connectivity index (χ3v) is 3.57. The number of nitrogens with one attached hydrogen (secondary N) is 1. The molecule has 0 radical (unpaired) electrons. The fourth-order valence-electron chi connectivity index (χ4n) is 2.18. The number of nitrogens with zero attached hydrogens (tertiary/aromatic N) is 1. The highest BCUT2D eigenvalue weighted by Crippen LogP contribution is 2.24. The summed E-state index contributed by atoms with van der Waals surface area (Å²) in [6.07, 6.45) is 3.08. The summed E-state index contributed by atoms with van der Waals surface area (Å²) < 4.78 is 4.91. The summed E-state index contributed by atoms with van der Waals surface area (Å²) in [5, 5.41) is 2.77. The molecule has 1 aromatic heterocycles. The van der Waals surface area contributed by atoms with Crippen LogP contribution in [0.2, 0.25) is 0 Å². The first-order valence-corrected chi connectivity index (χ1v) is 6.90. The van der Waals surface area contributed by atoms with Crippen molar-refractivity contribution in [1.29, 1.82) is 0 Å². The van der Waals surface area contributed by atoms with Gasteiger partial charge in [0.1, 0.15) is 5.41 Å². The van der Waals surface area contributed by atoms with Crippen LogP contribution in [0.3, 0.4) is 0 Å². The number of esters is 1. The number of amides is 1. The Morgan fingerprint density at radius 1 is 1.18 bits per heavy atom. The van der Waals surface area contributed by atoms with Crippen LogP contribution in [0.4, 0.5) is 0 Å². The first kappa shape index (κ1) is 15.7. The summed E-state index contributed by atoms with van der Waals surface area (Å²) in [6, 6.07) is 12.6. The van der Waals surface area contributed by atoms with Gasteiger partial charge in [-0.1, -0.05) is 30.3 Å². The van der Waals surface area contributed by atoms with Crippen molar-refractivity contribution in [2.75, 3.05) is 13.7 Å². The molecule has 5 heteroatoms. The monoisotopic (exact) mass is 298 g/mol. The molecular formula is C17H18N2O3. The molecule has 1 aromatic carbocycles. The highest BCUT2D eigenvalue weighted by Gasteiger charge is 2.36. The fourth-order valence-corrected chi connectivity index (χ4v) is 2.18. The van der Waals surface area contributed by atoms with Gasteiger partial charge in [-0.15, -0.1) is 0 Å². The van der Waals surface area contributed by atoms with Gasteiger partial charge < -0.3 is 10.1 Å². The predicted molar refractivity (Wildman–Crippen MR) is 82.4 cm³/mol. The van der Waals surface area contributed by atoms with Crippen LogP contribution in [0.1, 0.15) is 22.8 Å². The van der Waals surface area contributed by atoms with E-state index in [1.165, 1.54) is 13.3 Å². The number of methoxy groups -OCH3 is 1. The number of hydrogen-bond acceptors (Lipinski definition) is 4. The van der Waals surface area contributed by atoms with E-state index in [1.807, 2.05) is 30.3 Å². The second-order valence-electron chi connectivity index (χ2n) is 5.11. The quantitative estimate of drug-likeness (QED) is 0.857. The summed E-state index contributed by atoms with van der Waals surface area (Å²) in [5.74, 6) is -0.677. The number of carbonyl (C=O) groups excluding carboxylic acids is 2. The van der Waals surface area contributed by atoms with Crippen molar-refractivity contribution in [2.45, 2.75) is 12.3 Å². The molecule has 1 N–H and O–H groups in total. The number of benzene rings is 1. The fraction of sp³-hybridized carbons (Fsp3) is 0.235. The van der Waals surface area contributed by atoms with Crippen LogP contribution in [0.25, 0.3) is 0 Å². The summed E-state index contributed by atoms with van der Waals surface area (Å²) >= 11 is 0. The van der Waals surface area contributed by atoms with Gasteiger partial charge in [-0.3, -0.25) is 14.6 Å². The minimum Gasteiger partial charge on any atom is -0.468 e. The number of pyridine rings is 1. The maximum Gasteiger partial charge on any atom is 0.317 e. The number of ether oxygens (including phenoxy) is 1. The molecule has 0 fully saturated rings. The largest absolute Gasteiger partial charge is 0.468 e. The summed E-state index contributed by atoms with van der Waals surface area (Å²) in [5.41, 5.74) is 0.282. The lowest BCUT2D eigenvalue weighted by atomic mass is 9.82. The van der Waals surface area contributed by atoms with Gasteiger partial charge in [-0.05, 0) is 24.6 Å². The van der Waals surface area contributed by atoms with E-state index in [0.29, 0.717) is 5.56 Å². The van der Waals surface area contributed by atoms with Crippen molar-refractivity contribution in [2.24, 2.45) is 0 Å². The highest BCUT2D eigenvalue weighted by molar-refractivity contribution is 5.94. The Labute approximate surface area is 129 Å². The van der Waals surface area contributed by atoms with Crippen LogP contribution in [-0.4, -0.2) is 30.5 Å². The molecule has 1 amide bonds. The molecule has 22 heavy (non-hydrogen) atoms. The summed E-state index contributed by atoms with van der Waals surface area (Å²) in [6.45, 7) is 1.88. The molecule has 2 aromatic rings. The second-order valence-corrected chi connectivity index (χ2v) is 5.11. The lowest BCUT2D eigenvalue weighted by Crippen LogP contribution is -2.45. The first-order valence-electron chi connectivity index (χ1n) is 6.90. The highest BCUT2D eigenvalue weighted by atomic mass is 16.5. The van der Waals surface area contributed by atoms with Gasteiger partial charge in [0.2, 0.25) is 0 Å². The van der Waals surface area contributed by atoms with Crippen molar-refractivity contribution in [3.8, 4) is 0 Å². The van der Waals surface area contributed by atoms with Gasteiger partial charge in [0.25, 0.3) is 5.91 Å². The molecule has 0 spiro atoms. The average molecular weight is 298 g/mol. The van der Waals surface area contributed by atoms with E-state index >= 15 is 0 Å². The van der Waals surface area contributed by atoms with Gasteiger partial charge in [-0.25, -0.2) is 0 Å². The molecule has 0 aliphatic rings. The average Bonchev–Trinajstić information content (AvgIpc) is 2.60. The third-order valence-electron chi connectivity index (χ3n) is 3.57. The molecule has 114 valence electrons. The predicted octanol–water partition coefficient (Wildman–Crippen LogP) is 1.94. The lowest BCUT2D eigenvalue weighted by molar-refractivity contribution is -0.146. The van der Waals surface area contributed by atoms with Gasteiger partial charge in [0.05, 0.1) is 12.7 Å². The van der Waals surface area contributed by atoms with Crippen LogP contribution in [0.15, 0.2) is 54.9 Å². The number of carbonyl (C=O) groups is 2. The maximum absolute atomic E-state index is 12.2. The zero-order valence-corrected chi connectivity index (χ0v) is 12.6. The number of hydrogen-bond donors (Lipinski definition) is 1. The van der Waals surface area contributed by atoms with E-state index < -0.39 is 11.4 Å². The van der Waals surface area contributed by atoms with Gasteiger partial charge in [0.15, 0.2) is 0 Å². The number of rotatable bonds is 5. The van der Waals surface area contributed by atoms with Crippen molar-refractivity contribution in [3.05, 3.63) is 66.0 Å². The van der Waals surface area contributed by atoms with Crippen molar-refractivity contribution in [3.63, 3.8) is 0 Å². The molecule has 1 atom stereocenters. The zero-order valence-electron chi connectivity index (χ0n) is 12.6. The van der Waals surface area contributed by atoms with Crippen LogP contribution < -0.4 is 5.32 Å². The Balaban J connectivity index is 2.18. The molecule has 1 heterocycles. The van der Waals surface area contributed by atoms with E-state index in [4.69, 9.17) is 4.74 Å². The third kappa shape index (κ3) is 3.31. The zero-order chi connectivity index (χ0) is 16.0. The summed E-state index contributed by atoms with van der Waals surface area (Å²) in [4.78, 5) is 28.2.